The lowest BCUT2D eigenvalue weighted by Gasteiger charge is -2.25. The second-order valence-electron chi connectivity index (χ2n) is 2.53. The predicted octanol–water partition coefficient (Wildman–Crippen LogP) is 1.71. The number of rotatable bonds is 0. The fourth-order valence-corrected chi connectivity index (χ4v) is 1.23. The molecule has 2 rings (SSSR count). The van der Waals surface area contributed by atoms with Gasteiger partial charge in [0.05, 0.1) is 5.70 Å². The van der Waals surface area contributed by atoms with E-state index in [0.29, 0.717) is 5.76 Å². The molecule has 0 atom stereocenters. The third-order valence-corrected chi connectivity index (χ3v) is 1.78. The molecule has 0 bridgehead atoms. The minimum absolute atomic E-state index is 0.344. The molecule has 0 saturated heterocycles. The Bertz CT molecular complexity index is 284. The Hall–Kier alpha value is -1.44. The summed E-state index contributed by atoms with van der Waals surface area (Å²) in [5.74, 6) is 0.344. The van der Waals surface area contributed by atoms with Gasteiger partial charge in [0.15, 0.2) is 0 Å². The number of fused-ring (bicyclic) bond motifs is 1. The molecule has 0 unspecified atom stereocenters. The first-order chi connectivity index (χ1) is 5.38. The van der Waals surface area contributed by atoms with Gasteiger partial charge in [0.1, 0.15) is 5.76 Å². The molecule has 0 fully saturated rings. The minimum Gasteiger partial charge on any atom is -0.506 e. The molecule has 2 aliphatic rings. The van der Waals surface area contributed by atoms with Crippen molar-refractivity contribution < 1.29 is 5.11 Å². The summed E-state index contributed by atoms with van der Waals surface area (Å²) in [6.45, 7) is 0.847. The zero-order chi connectivity index (χ0) is 7.68. The molecule has 0 saturated carbocycles. The van der Waals surface area contributed by atoms with Crippen LogP contribution >= 0.6 is 0 Å². The number of aliphatic hydroxyl groups excluding tert-OH is 1. The highest BCUT2D eigenvalue weighted by atomic mass is 16.3. The first-order valence-electron chi connectivity index (χ1n) is 3.59. The number of aliphatic hydroxyl groups is 1. The van der Waals surface area contributed by atoms with Crippen molar-refractivity contribution in [3.8, 4) is 0 Å². The average molecular weight is 147 g/mol. The average Bonchev–Trinajstić information content (AvgIpc) is 2.06. The second kappa shape index (κ2) is 2.31. The van der Waals surface area contributed by atoms with E-state index in [2.05, 4.69) is 0 Å². The molecule has 2 nitrogen and oxygen atoms in total. The van der Waals surface area contributed by atoms with Gasteiger partial charge in [-0.15, -0.1) is 0 Å². The predicted molar refractivity (Wildman–Crippen MR) is 43.8 cm³/mol. The smallest absolute Gasteiger partial charge is 0.138 e. The highest BCUT2D eigenvalue weighted by Crippen LogP contribution is 2.19. The van der Waals surface area contributed by atoms with E-state index in [9.17, 15) is 5.11 Å². The highest BCUT2D eigenvalue weighted by Gasteiger charge is 2.12. The number of hydrogen-bond donors (Lipinski definition) is 1. The van der Waals surface area contributed by atoms with Crippen molar-refractivity contribution in [3.05, 3.63) is 48.0 Å². The molecule has 2 aliphatic heterocycles. The first kappa shape index (κ1) is 6.28. The van der Waals surface area contributed by atoms with Crippen LogP contribution in [0.4, 0.5) is 0 Å². The molecule has 0 aromatic heterocycles. The van der Waals surface area contributed by atoms with Gasteiger partial charge in [-0.25, -0.2) is 0 Å². The third kappa shape index (κ3) is 0.963. The van der Waals surface area contributed by atoms with Crippen LogP contribution < -0.4 is 0 Å². The fourth-order valence-electron chi connectivity index (χ4n) is 1.23. The van der Waals surface area contributed by atoms with Crippen LogP contribution in [0.25, 0.3) is 0 Å². The zero-order valence-corrected chi connectivity index (χ0v) is 6.07. The Balaban J connectivity index is 2.43. The van der Waals surface area contributed by atoms with E-state index in [1.54, 1.807) is 6.08 Å². The molecular weight excluding hydrogens is 138 g/mol. The maximum Gasteiger partial charge on any atom is 0.138 e. The Morgan fingerprint density at radius 1 is 1.27 bits per heavy atom. The molecule has 2 heteroatoms. The Morgan fingerprint density at radius 3 is 3.00 bits per heavy atom. The van der Waals surface area contributed by atoms with Crippen LogP contribution in [0, 0.1) is 0 Å². The molecule has 0 spiro atoms. The largest absolute Gasteiger partial charge is 0.506 e. The van der Waals surface area contributed by atoms with Crippen molar-refractivity contribution in [1.82, 2.24) is 4.90 Å². The molecule has 0 aromatic carbocycles. The quantitative estimate of drug-likeness (QED) is 0.563. The Morgan fingerprint density at radius 2 is 2.18 bits per heavy atom. The summed E-state index contributed by atoms with van der Waals surface area (Å²) >= 11 is 0. The van der Waals surface area contributed by atoms with Gasteiger partial charge in [0.25, 0.3) is 0 Å². The van der Waals surface area contributed by atoms with E-state index >= 15 is 0 Å². The van der Waals surface area contributed by atoms with Crippen molar-refractivity contribution in [3.63, 3.8) is 0 Å². The van der Waals surface area contributed by atoms with Crippen LogP contribution in [0.15, 0.2) is 48.0 Å². The lowest BCUT2D eigenvalue weighted by molar-refractivity contribution is 0.386. The maximum atomic E-state index is 9.37. The van der Waals surface area contributed by atoms with E-state index < -0.39 is 0 Å². The normalized spacial score (nSPS) is 20.9. The fraction of sp³-hybridized carbons (Fsp3) is 0.111. The van der Waals surface area contributed by atoms with Crippen molar-refractivity contribution >= 4 is 0 Å². The van der Waals surface area contributed by atoms with E-state index in [0.717, 1.165) is 12.2 Å². The third-order valence-electron chi connectivity index (χ3n) is 1.78. The summed E-state index contributed by atoms with van der Waals surface area (Å²) in [5.41, 5.74) is 0.884. The number of nitrogens with zero attached hydrogens (tertiary/aromatic N) is 1. The van der Waals surface area contributed by atoms with Gasteiger partial charge in [-0.05, 0) is 18.2 Å². The number of hydrogen-bond acceptors (Lipinski definition) is 2. The summed E-state index contributed by atoms with van der Waals surface area (Å²) in [6.07, 6.45) is 11.4. The van der Waals surface area contributed by atoms with Gasteiger partial charge in [-0.2, -0.15) is 0 Å². The molecular formula is C9H9NO. The van der Waals surface area contributed by atoms with E-state index in [4.69, 9.17) is 0 Å². The van der Waals surface area contributed by atoms with Crippen molar-refractivity contribution in [1.29, 1.82) is 0 Å². The van der Waals surface area contributed by atoms with Gasteiger partial charge in [0, 0.05) is 12.7 Å². The maximum absolute atomic E-state index is 9.37. The topological polar surface area (TPSA) is 23.5 Å². The van der Waals surface area contributed by atoms with Crippen LogP contribution in [0.3, 0.4) is 0 Å². The highest BCUT2D eigenvalue weighted by molar-refractivity contribution is 5.36. The summed E-state index contributed by atoms with van der Waals surface area (Å²) < 4.78 is 0. The number of allylic oxidation sites excluding steroid dienone is 4. The van der Waals surface area contributed by atoms with Crippen molar-refractivity contribution in [2.45, 2.75) is 0 Å². The van der Waals surface area contributed by atoms with Crippen LogP contribution in [-0.4, -0.2) is 16.6 Å². The van der Waals surface area contributed by atoms with Gasteiger partial charge >= 0.3 is 0 Å². The Kier molecular flexibility index (Phi) is 1.32. The molecule has 1 N–H and O–H groups in total. The summed E-state index contributed by atoms with van der Waals surface area (Å²) in [5, 5.41) is 9.37. The second-order valence-corrected chi connectivity index (χ2v) is 2.53. The minimum atomic E-state index is 0.344. The first-order valence-corrected chi connectivity index (χ1v) is 3.59. The van der Waals surface area contributed by atoms with Crippen molar-refractivity contribution in [2.24, 2.45) is 0 Å². The van der Waals surface area contributed by atoms with Gasteiger partial charge in [-0.1, -0.05) is 12.2 Å². The lowest BCUT2D eigenvalue weighted by Crippen LogP contribution is -2.21. The molecule has 2 heterocycles. The zero-order valence-electron chi connectivity index (χ0n) is 6.07. The van der Waals surface area contributed by atoms with Crippen LogP contribution in [-0.2, 0) is 0 Å². The lowest BCUT2D eigenvalue weighted by atomic mass is 10.2. The molecule has 11 heavy (non-hydrogen) atoms. The van der Waals surface area contributed by atoms with Crippen molar-refractivity contribution in [2.75, 3.05) is 6.54 Å². The Labute approximate surface area is 65.4 Å². The van der Waals surface area contributed by atoms with E-state index in [-0.39, 0.29) is 0 Å². The monoisotopic (exact) mass is 147 g/mol. The van der Waals surface area contributed by atoms with Crippen LogP contribution in [0.5, 0.6) is 0 Å². The molecule has 0 aliphatic carbocycles. The molecule has 0 amide bonds. The molecule has 0 radical (unpaired) electrons. The standard InChI is InChI=1S/C9H9NO/c11-9-5-3-7-10-6-2-1-4-8(9)10/h1-6,11H,7H2. The summed E-state index contributed by atoms with van der Waals surface area (Å²) in [6, 6.07) is 0. The summed E-state index contributed by atoms with van der Waals surface area (Å²) in [4.78, 5) is 2.00. The summed E-state index contributed by atoms with van der Waals surface area (Å²) in [7, 11) is 0. The molecule has 0 aromatic rings. The van der Waals surface area contributed by atoms with E-state index in [1.807, 2.05) is 35.4 Å². The van der Waals surface area contributed by atoms with E-state index in [1.165, 1.54) is 0 Å². The van der Waals surface area contributed by atoms with Gasteiger partial charge in [-0.3, -0.25) is 0 Å². The van der Waals surface area contributed by atoms with Crippen LogP contribution in [0.1, 0.15) is 0 Å². The SMILES string of the molecule is OC1=C2C=CC=CN2CC=C1. The molecule has 56 valence electrons. The van der Waals surface area contributed by atoms with Gasteiger partial charge in [0.2, 0.25) is 0 Å². The van der Waals surface area contributed by atoms with Crippen LogP contribution in [0.2, 0.25) is 0 Å². The van der Waals surface area contributed by atoms with Gasteiger partial charge < -0.3 is 10.0 Å².